The van der Waals surface area contributed by atoms with Gasteiger partial charge in [-0.25, -0.2) is 0 Å². The molecule has 1 heterocycles. The van der Waals surface area contributed by atoms with Gasteiger partial charge in [0.1, 0.15) is 0 Å². The molecule has 1 saturated heterocycles. The Labute approximate surface area is 85.4 Å². The van der Waals surface area contributed by atoms with Gasteiger partial charge in [-0.05, 0) is 18.8 Å². The average molecular weight is 200 g/mol. The fraction of sp³-hybridized carbons (Fsp3) is 0.800. The molecule has 0 atom stereocenters. The third-order valence-electron chi connectivity index (χ3n) is 2.28. The van der Waals surface area contributed by atoms with Crippen molar-refractivity contribution < 1.29 is 9.59 Å². The molecule has 82 valence electrons. The van der Waals surface area contributed by atoms with Gasteiger partial charge in [-0.1, -0.05) is 20.8 Å². The van der Waals surface area contributed by atoms with Crippen LogP contribution in [0.15, 0.2) is 0 Å². The van der Waals surface area contributed by atoms with Crippen LogP contribution in [0.1, 0.15) is 33.6 Å². The van der Waals surface area contributed by atoms with Gasteiger partial charge in [-0.15, -0.1) is 0 Å². The molecule has 0 aliphatic carbocycles. The maximum Gasteiger partial charge on any atom is 0.311 e. The number of nitrogens with zero attached hydrogens (tertiary/aromatic N) is 1. The van der Waals surface area contributed by atoms with Crippen LogP contribution in [-0.4, -0.2) is 29.8 Å². The molecule has 0 aromatic rings. The minimum Gasteiger partial charge on any atom is -0.361 e. The Kier molecular flexibility index (Phi) is 5.92. The highest BCUT2D eigenvalue weighted by atomic mass is 16.2. The number of amides is 2. The summed E-state index contributed by atoms with van der Waals surface area (Å²) in [5, 5.41) is 0. The van der Waals surface area contributed by atoms with E-state index in [0.717, 1.165) is 12.8 Å². The lowest BCUT2D eigenvalue weighted by molar-refractivity contribution is -0.145. The first kappa shape index (κ1) is 12.9. The van der Waals surface area contributed by atoms with Gasteiger partial charge in [-0.3, -0.25) is 9.59 Å². The molecule has 0 saturated carbocycles. The minimum absolute atomic E-state index is 0.540. The van der Waals surface area contributed by atoms with E-state index in [1.165, 1.54) is 4.90 Å². The van der Waals surface area contributed by atoms with Crippen molar-refractivity contribution in [1.82, 2.24) is 4.90 Å². The maximum absolute atomic E-state index is 11.1. The Morgan fingerprint density at radius 1 is 1.21 bits per heavy atom. The molecule has 1 rings (SSSR count). The van der Waals surface area contributed by atoms with Gasteiger partial charge in [0.15, 0.2) is 0 Å². The number of nitrogens with two attached hydrogens (primary N) is 1. The molecular formula is C10H20N2O2. The Balaban J connectivity index is 0.000000791. The number of piperidine rings is 1. The van der Waals surface area contributed by atoms with Crippen LogP contribution in [0, 0.1) is 5.92 Å². The Hall–Kier alpha value is -1.06. The summed E-state index contributed by atoms with van der Waals surface area (Å²) in [7, 11) is 0. The number of carbonyl (C=O) groups excluding carboxylic acids is 2. The fourth-order valence-corrected chi connectivity index (χ4v) is 1.37. The molecule has 1 fully saturated rings. The number of likely N-dealkylation sites (tertiary alicyclic amines) is 1. The molecule has 0 aromatic heterocycles. The molecule has 0 spiro atoms. The van der Waals surface area contributed by atoms with E-state index in [9.17, 15) is 9.59 Å². The second-order valence-corrected chi connectivity index (χ2v) is 3.34. The number of primary amides is 1. The van der Waals surface area contributed by atoms with Crippen molar-refractivity contribution in [3.63, 3.8) is 0 Å². The molecular weight excluding hydrogens is 180 g/mol. The van der Waals surface area contributed by atoms with Crippen LogP contribution in [0.4, 0.5) is 0 Å². The summed E-state index contributed by atoms with van der Waals surface area (Å²) in [6, 6.07) is 0. The highest BCUT2D eigenvalue weighted by Crippen LogP contribution is 2.15. The second-order valence-electron chi connectivity index (χ2n) is 3.34. The van der Waals surface area contributed by atoms with E-state index in [2.05, 4.69) is 6.92 Å². The molecule has 1 aliphatic rings. The highest BCUT2D eigenvalue weighted by Gasteiger charge is 2.23. The van der Waals surface area contributed by atoms with Crippen molar-refractivity contribution in [2.45, 2.75) is 33.6 Å². The predicted molar refractivity (Wildman–Crippen MR) is 55.5 cm³/mol. The second kappa shape index (κ2) is 6.40. The lowest BCUT2D eigenvalue weighted by Crippen LogP contribution is -2.44. The smallest absolute Gasteiger partial charge is 0.311 e. The van der Waals surface area contributed by atoms with Crippen LogP contribution in [0.25, 0.3) is 0 Å². The van der Waals surface area contributed by atoms with Crippen molar-refractivity contribution >= 4 is 11.8 Å². The van der Waals surface area contributed by atoms with Crippen LogP contribution in [0.5, 0.6) is 0 Å². The van der Waals surface area contributed by atoms with E-state index >= 15 is 0 Å². The van der Waals surface area contributed by atoms with Crippen molar-refractivity contribution in [3.05, 3.63) is 0 Å². The average Bonchev–Trinajstić information content (AvgIpc) is 2.21. The highest BCUT2D eigenvalue weighted by molar-refractivity contribution is 6.34. The summed E-state index contributed by atoms with van der Waals surface area (Å²) >= 11 is 0. The van der Waals surface area contributed by atoms with E-state index < -0.39 is 11.8 Å². The van der Waals surface area contributed by atoms with Crippen molar-refractivity contribution in [1.29, 1.82) is 0 Å². The van der Waals surface area contributed by atoms with Gasteiger partial charge in [0, 0.05) is 13.1 Å². The number of carbonyl (C=O) groups is 2. The van der Waals surface area contributed by atoms with E-state index in [-0.39, 0.29) is 0 Å². The molecule has 0 radical (unpaired) electrons. The van der Waals surface area contributed by atoms with Crippen molar-refractivity contribution in [3.8, 4) is 0 Å². The largest absolute Gasteiger partial charge is 0.361 e. The van der Waals surface area contributed by atoms with E-state index in [4.69, 9.17) is 5.73 Å². The molecule has 4 nitrogen and oxygen atoms in total. The Morgan fingerprint density at radius 3 is 2.00 bits per heavy atom. The van der Waals surface area contributed by atoms with Crippen LogP contribution in [0.3, 0.4) is 0 Å². The number of hydrogen-bond acceptors (Lipinski definition) is 2. The molecule has 0 aromatic carbocycles. The molecule has 2 amide bonds. The normalized spacial score (nSPS) is 16.9. The van der Waals surface area contributed by atoms with Crippen LogP contribution in [-0.2, 0) is 9.59 Å². The van der Waals surface area contributed by atoms with Gasteiger partial charge >= 0.3 is 11.8 Å². The zero-order valence-electron chi connectivity index (χ0n) is 9.25. The zero-order valence-corrected chi connectivity index (χ0v) is 9.25. The molecule has 4 heteroatoms. The first-order valence-electron chi connectivity index (χ1n) is 5.20. The third-order valence-corrected chi connectivity index (χ3v) is 2.28. The first-order chi connectivity index (χ1) is 6.61. The summed E-state index contributed by atoms with van der Waals surface area (Å²) in [6.07, 6.45) is 1.94. The number of hydrogen-bond donors (Lipinski definition) is 1. The van der Waals surface area contributed by atoms with Crippen LogP contribution >= 0.6 is 0 Å². The maximum atomic E-state index is 11.1. The Bertz CT molecular complexity index is 196. The summed E-state index contributed by atoms with van der Waals surface area (Å²) in [4.78, 5) is 23.1. The molecule has 2 N–H and O–H groups in total. The summed E-state index contributed by atoms with van der Waals surface area (Å²) in [5.74, 6) is -0.728. The number of rotatable bonds is 0. The van der Waals surface area contributed by atoms with E-state index in [0.29, 0.717) is 19.0 Å². The van der Waals surface area contributed by atoms with Gasteiger partial charge < -0.3 is 10.6 Å². The summed E-state index contributed by atoms with van der Waals surface area (Å²) < 4.78 is 0. The van der Waals surface area contributed by atoms with E-state index in [1.807, 2.05) is 13.8 Å². The standard InChI is InChI=1S/C8H14N2O2.C2H6/c1-6-2-4-10(5-3-6)8(12)7(9)11;1-2/h6H,2-5H2,1H3,(H2,9,11);1-2H3. The van der Waals surface area contributed by atoms with E-state index in [1.54, 1.807) is 0 Å². The molecule has 14 heavy (non-hydrogen) atoms. The van der Waals surface area contributed by atoms with Crippen LogP contribution in [0.2, 0.25) is 0 Å². The minimum atomic E-state index is -0.843. The van der Waals surface area contributed by atoms with Gasteiger partial charge in [-0.2, -0.15) is 0 Å². The molecule has 0 bridgehead atoms. The lowest BCUT2D eigenvalue weighted by Gasteiger charge is -2.29. The quantitative estimate of drug-likeness (QED) is 0.587. The monoisotopic (exact) mass is 200 g/mol. The predicted octanol–water partition coefficient (Wildman–Crippen LogP) is 0.756. The van der Waals surface area contributed by atoms with Gasteiger partial charge in [0.2, 0.25) is 0 Å². The van der Waals surface area contributed by atoms with Gasteiger partial charge in [0.25, 0.3) is 0 Å². The zero-order chi connectivity index (χ0) is 11.1. The Morgan fingerprint density at radius 2 is 1.64 bits per heavy atom. The third kappa shape index (κ3) is 3.77. The van der Waals surface area contributed by atoms with Crippen molar-refractivity contribution in [2.75, 3.05) is 13.1 Å². The first-order valence-corrected chi connectivity index (χ1v) is 5.20. The fourth-order valence-electron chi connectivity index (χ4n) is 1.37. The SMILES string of the molecule is CC.CC1CCN(C(=O)C(N)=O)CC1. The molecule has 1 aliphatic heterocycles. The lowest BCUT2D eigenvalue weighted by atomic mass is 9.99. The van der Waals surface area contributed by atoms with Crippen molar-refractivity contribution in [2.24, 2.45) is 11.7 Å². The summed E-state index contributed by atoms with van der Waals surface area (Å²) in [5.41, 5.74) is 4.87. The topological polar surface area (TPSA) is 63.4 Å². The molecule has 0 unspecified atom stereocenters. The van der Waals surface area contributed by atoms with Gasteiger partial charge in [0.05, 0.1) is 0 Å². The summed E-state index contributed by atoms with van der Waals surface area (Å²) in [6.45, 7) is 7.48. The van der Waals surface area contributed by atoms with Crippen LogP contribution < -0.4 is 5.73 Å².